The third-order valence-corrected chi connectivity index (χ3v) is 4.43. The molecule has 1 aliphatic carbocycles. The van der Waals surface area contributed by atoms with Crippen molar-refractivity contribution in [3.63, 3.8) is 0 Å². The van der Waals surface area contributed by atoms with Crippen LogP contribution in [0.25, 0.3) is 0 Å². The number of benzene rings is 1. The number of ether oxygens (including phenoxy) is 1. The molecule has 0 aromatic heterocycles. The molecule has 26 heavy (non-hydrogen) atoms. The molecular weight excluding hydrogens is 328 g/mol. The first kappa shape index (κ1) is 20.2. The van der Waals surface area contributed by atoms with Gasteiger partial charge in [-0.25, -0.2) is 4.99 Å². The number of aliphatic imine (C=N–C) groups is 1. The lowest BCUT2D eigenvalue weighted by Gasteiger charge is -2.12. The third kappa shape index (κ3) is 7.04. The second-order valence-corrected chi connectivity index (χ2v) is 6.49. The average molecular weight is 361 g/mol. The number of guanidine groups is 1. The molecule has 0 saturated heterocycles. The topological polar surface area (TPSA) is 74.8 Å². The third-order valence-electron chi connectivity index (χ3n) is 4.43. The maximum Gasteiger partial charge on any atom is 0.227 e. The minimum Gasteiger partial charge on any atom is -0.380 e. The maximum absolute atomic E-state index is 12.3. The molecule has 1 aromatic carbocycles. The Kier molecular flexibility index (Phi) is 8.96. The van der Waals surface area contributed by atoms with Crippen LogP contribution >= 0.6 is 0 Å². The van der Waals surface area contributed by atoms with Crippen molar-refractivity contribution in [1.29, 1.82) is 0 Å². The quantitative estimate of drug-likeness (QED) is 0.360. The van der Waals surface area contributed by atoms with E-state index >= 15 is 0 Å². The number of amides is 1. The van der Waals surface area contributed by atoms with Crippen molar-refractivity contribution < 1.29 is 9.53 Å². The first-order valence-electron chi connectivity index (χ1n) is 9.72. The van der Waals surface area contributed by atoms with Crippen LogP contribution in [0, 0.1) is 5.92 Å². The van der Waals surface area contributed by atoms with Gasteiger partial charge in [0.25, 0.3) is 0 Å². The molecule has 0 spiro atoms. The predicted octanol–water partition coefficient (Wildman–Crippen LogP) is 2.91. The Morgan fingerprint density at radius 2 is 2.04 bits per heavy atom. The Morgan fingerprint density at radius 3 is 2.77 bits per heavy atom. The van der Waals surface area contributed by atoms with E-state index in [0.29, 0.717) is 19.8 Å². The maximum atomic E-state index is 12.3. The molecule has 0 radical (unpaired) electrons. The highest BCUT2D eigenvalue weighted by molar-refractivity contribution is 5.92. The molecule has 1 amide bonds. The molecule has 1 fully saturated rings. The van der Waals surface area contributed by atoms with Crippen LogP contribution < -0.4 is 16.0 Å². The van der Waals surface area contributed by atoms with Crippen LogP contribution in [-0.4, -0.2) is 38.2 Å². The fraction of sp³-hybridized carbons (Fsp3) is 0.600. The molecule has 0 aliphatic heterocycles. The lowest BCUT2D eigenvalue weighted by atomic mass is 10.1. The Hall–Kier alpha value is -2.08. The lowest BCUT2D eigenvalue weighted by Crippen LogP contribution is -2.39. The van der Waals surface area contributed by atoms with Gasteiger partial charge in [-0.2, -0.15) is 0 Å². The summed E-state index contributed by atoms with van der Waals surface area (Å²) in [5, 5.41) is 9.53. The zero-order chi connectivity index (χ0) is 18.6. The van der Waals surface area contributed by atoms with Crippen LogP contribution in [0.4, 0.5) is 5.69 Å². The Balaban J connectivity index is 1.89. The average Bonchev–Trinajstić information content (AvgIpc) is 3.18. The lowest BCUT2D eigenvalue weighted by molar-refractivity contribution is -0.119. The van der Waals surface area contributed by atoms with E-state index in [1.165, 1.54) is 0 Å². The number of hydrogen-bond donors (Lipinski definition) is 3. The fourth-order valence-electron chi connectivity index (χ4n) is 3.08. The van der Waals surface area contributed by atoms with Crippen molar-refractivity contribution >= 4 is 17.6 Å². The molecule has 1 aromatic rings. The number of rotatable bonds is 9. The summed E-state index contributed by atoms with van der Waals surface area (Å²) in [6, 6.07) is 7.93. The SMILES string of the molecule is CCNC(=NCc1cccc(NC(=O)C2CCCC2)c1)NCCOCC. The molecule has 1 aliphatic rings. The molecule has 0 unspecified atom stereocenters. The molecule has 144 valence electrons. The monoisotopic (exact) mass is 360 g/mol. The van der Waals surface area contributed by atoms with Gasteiger partial charge in [-0.3, -0.25) is 4.79 Å². The minimum absolute atomic E-state index is 0.147. The standard InChI is InChI=1S/C20H32N4O2/c1-3-21-20(22-12-13-26-4-2)23-15-16-8-7-11-18(14-16)24-19(25)17-9-5-6-10-17/h7-8,11,14,17H,3-6,9-10,12-13,15H2,1-2H3,(H,24,25)(H2,21,22,23). The summed E-state index contributed by atoms with van der Waals surface area (Å²) < 4.78 is 5.33. The molecule has 0 atom stereocenters. The van der Waals surface area contributed by atoms with Gasteiger partial charge in [-0.15, -0.1) is 0 Å². The second-order valence-electron chi connectivity index (χ2n) is 6.49. The molecule has 6 heteroatoms. The minimum atomic E-state index is 0.147. The van der Waals surface area contributed by atoms with Gasteiger partial charge < -0.3 is 20.7 Å². The van der Waals surface area contributed by atoms with E-state index in [1.807, 2.05) is 38.1 Å². The van der Waals surface area contributed by atoms with Gasteiger partial charge in [0, 0.05) is 31.3 Å². The van der Waals surface area contributed by atoms with E-state index in [4.69, 9.17) is 4.74 Å². The van der Waals surface area contributed by atoms with Crippen LogP contribution in [-0.2, 0) is 16.1 Å². The second kappa shape index (κ2) is 11.5. The molecule has 0 heterocycles. The zero-order valence-corrected chi connectivity index (χ0v) is 16.0. The van der Waals surface area contributed by atoms with Gasteiger partial charge in [0.15, 0.2) is 5.96 Å². The summed E-state index contributed by atoms with van der Waals surface area (Å²) in [6.45, 7) is 7.47. The number of nitrogens with zero attached hydrogens (tertiary/aromatic N) is 1. The molecule has 0 bridgehead atoms. The summed E-state index contributed by atoms with van der Waals surface area (Å²) in [7, 11) is 0. The van der Waals surface area contributed by atoms with Gasteiger partial charge >= 0.3 is 0 Å². The van der Waals surface area contributed by atoms with Crippen LogP contribution in [0.1, 0.15) is 45.1 Å². The summed E-state index contributed by atoms with van der Waals surface area (Å²) in [6.07, 6.45) is 4.34. The summed E-state index contributed by atoms with van der Waals surface area (Å²) >= 11 is 0. The van der Waals surface area contributed by atoms with Crippen LogP contribution in [0.3, 0.4) is 0 Å². The van der Waals surface area contributed by atoms with E-state index in [9.17, 15) is 4.79 Å². The molecular formula is C20H32N4O2. The van der Waals surface area contributed by atoms with Gasteiger partial charge in [0.1, 0.15) is 0 Å². The highest BCUT2D eigenvalue weighted by atomic mass is 16.5. The largest absolute Gasteiger partial charge is 0.380 e. The first-order valence-corrected chi connectivity index (χ1v) is 9.72. The smallest absolute Gasteiger partial charge is 0.227 e. The number of hydrogen-bond acceptors (Lipinski definition) is 3. The fourth-order valence-corrected chi connectivity index (χ4v) is 3.08. The number of carbonyl (C=O) groups excluding carboxylic acids is 1. The molecule has 1 saturated carbocycles. The number of nitrogens with one attached hydrogen (secondary N) is 3. The number of anilines is 1. The highest BCUT2D eigenvalue weighted by Crippen LogP contribution is 2.26. The first-order chi connectivity index (χ1) is 12.7. The van der Waals surface area contributed by atoms with E-state index in [-0.39, 0.29) is 11.8 Å². The van der Waals surface area contributed by atoms with E-state index in [1.54, 1.807) is 0 Å². The van der Waals surface area contributed by atoms with Crippen molar-refractivity contribution in [2.24, 2.45) is 10.9 Å². The molecule has 2 rings (SSSR count). The Morgan fingerprint density at radius 1 is 1.23 bits per heavy atom. The van der Waals surface area contributed by atoms with Crippen LogP contribution in [0.2, 0.25) is 0 Å². The van der Waals surface area contributed by atoms with Gasteiger partial charge in [-0.05, 0) is 44.4 Å². The Labute approximate surface area is 156 Å². The van der Waals surface area contributed by atoms with Crippen molar-refractivity contribution in [3.8, 4) is 0 Å². The predicted molar refractivity (Wildman–Crippen MR) is 106 cm³/mol. The summed E-state index contributed by atoms with van der Waals surface area (Å²) in [5.74, 6) is 1.09. The van der Waals surface area contributed by atoms with Gasteiger partial charge in [-0.1, -0.05) is 25.0 Å². The normalized spacial score (nSPS) is 15.1. The van der Waals surface area contributed by atoms with Crippen molar-refractivity contribution in [2.75, 3.05) is 31.6 Å². The van der Waals surface area contributed by atoms with Gasteiger partial charge in [0.2, 0.25) is 5.91 Å². The van der Waals surface area contributed by atoms with E-state index < -0.39 is 0 Å². The van der Waals surface area contributed by atoms with Crippen LogP contribution in [0.15, 0.2) is 29.3 Å². The summed E-state index contributed by atoms with van der Waals surface area (Å²) in [4.78, 5) is 16.9. The van der Waals surface area contributed by atoms with E-state index in [2.05, 4.69) is 20.9 Å². The zero-order valence-electron chi connectivity index (χ0n) is 16.0. The van der Waals surface area contributed by atoms with E-state index in [0.717, 1.165) is 56.0 Å². The molecule has 6 nitrogen and oxygen atoms in total. The molecule has 3 N–H and O–H groups in total. The van der Waals surface area contributed by atoms with Gasteiger partial charge in [0.05, 0.1) is 13.2 Å². The number of carbonyl (C=O) groups is 1. The Bertz CT molecular complexity index is 583. The highest BCUT2D eigenvalue weighted by Gasteiger charge is 2.22. The van der Waals surface area contributed by atoms with Crippen molar-refractivity contribution in [2.45, 2.75) is 46.1 Å². The van der Waals surface area contributed by atoms with Crippen LogP contribution in [0.5, 0.6) is 0 Å². The van der Waals surface area contributed by atoms with Crippen molar-refractivity contribution in [1.82, 2.24) is 10.6 Å². The summed E-state index contributed by atoms with van der Waals surface area (Å²) in [5.41, 5.74) is 1.92. The van der Waals surface area contributed by atoms with Crippen molar-refractivity contribution in [3.05, 3.63) is 29.8 Å².